The summed E-state index contributed by atoms with van der Waals surface area (Å²) in [7, 11) is 2.86. The molecule has 20 heavy (non-hydrogen) atoms. The van der Waals surface area contributed by atoms with Crippen LogP contribution in [0.25, 0.3) is 0 Å². The van der Waals surface area contributed by atoms with Crippen LogP contribution in [0.15, 0.2) is 12.2 Å². The second-order valence-corrected chi connectivity index (χ2v) is 7.10. The van der Waals surface area contributed by atoms with Gasteiger partial charge in [-0.15, -0.1) is 0 Å². The molecule has 5 fully saturated rings. The number of carbonyl (C=O) groups excluding carboxylic acids is 2. The van der Waals surface area contributed by atoms with Crippen LogP contribution in [0.1, 0.15) is 0 Å². The molecule has 6 rings (SSSR count). The van der Waals surface area contributed by atoms with Crippen molar-refractivity contribution in [1.82, 2.24) is 0 Å². The average molecular weight is 274 g/mol. The number of carbonyl (C=O) groups is 2. The van der Waals surface area contributed by atoms with Crippen molar-refractivity contribution in [3.8, 4) is 0 Å². The molecule has 10 atom stereocenters. The predicted octanol–water partition coefficient (Wildman–Crippen LogP) is 1.12. The van der Waals surface area contributed by atoms with Crippen molar-refractivity contribution in [2.75, 3.05) is 14.2 Å². The van der Waals surface area contributed by atoms with Crippen LogP contribution in [0.5, 0.6) is 0 Å². The Labute approximate surface area is 117 Å². The Hall–Kier alpha value is -1.32. The highest BCUT2D eigenvalue weighted by molar-refractivity contribution is 5.84. The molecule has 0 N–H and O–H groups in total. The molecule has 5 saturated carbocycles. The maximum absolute atomic E-state index is 12.2. The lowest BCUT2D eigenvalue weighted by Crippen LogP contribution is -2.44. The molecule has 106 valence electrons. The number of ether oxygens (including phenoxy) is 2. The molecule has 0 spiro atoms. The fourth-order valence-corrected chi connectivity index (χ4v) is 7.19. The summed E-state index contributed by atoms with van der Waals surface area (Å²) in [6.45, 7) is 0. The van der Waals surface area contributed by atoms with E-state index in [0.29, 0.717) is 47.3 Å². The van der Waals surface area contributed by atoms with Crippen molar-refractivity contribution in [2.45, 2.75) is 0 Å². The second-order valence-electron chi connectivity index (χ2n) is 7.10. The summed E-state index contributed by atoms with van der Waals surface area (Å²) in [6.07, 6.45) is 4.74. The zero-order valence-electron chi connectivity index (χ0n) is 11.6. The number of hydrogen-bond donors (Lipinski definition) is 0. The van der Waals surface area contributed by atoms with E-state index < -0.39 is 0 Å². The molecular formula is C16H18O4. The predicted molar refractivity (Wildman–Crippen MR) is 68.1 cm³/mol. The van der Waals surface area contributed by atoms with E-state index in [1.54, 1.807) is 0 Å². The SMILES string of the molecule is COC(=O)[C@H]1[C@H](C(=O)OC)[C@@H]2C3C4[C@@H]5C=C[C@@H]4[C@@H]([C@H]31)[C@@H]25. The fourth-order valence-electron chi connectivity index (χ4n) is 7.19. The summed E-state index contributed by atoms with van der Waals surface area (Å²) in [6, 6.07) is 0. The maximum atomic E-state index is 12.2. The van der Waals surface area contributed by atoms with Gasteiger partial charge in [-0.05, 0) is 47.3 Å². The first-order valence-corrected chi connectivity index (χ1v) is 7.54. The molecule has 6 aliphatic carbocycles. The Balaban J connectivity index is 1.61. The van der Waals surface area contributed by atoms with E-state index in [9.17, 15) is 9.59 Å². The minimum atomic E-state index is -0.261. The number of rotatable bonds is 2. The third kappa shape index (κ3) is 0.895. The van der Waals surface area contributed by atoms with Gasteiger partial charge in [0.2, 0.25) is 0 Å². The van der Waals surface area contributed by atoms with Gasteiger partial charge in [-0.2, -0.15) is 0 Å². The molecule has 0 amide bonds. The van der Waals surface area contributed by atoms with Gasteiger partial charge in [-0.1, -0.05) is 12.2 Å². The van der Waals surface area contributed by atoms with Crippen LogP contribution >= 0.6 is 0 Å². The molecule has 4 nitrogen and oxygen atoms in total. The van der Waals surface area contributed by atoms with Gasteiger partial charge in [-0.3, -0.25) is 9.59 Å². The fraction of sp³-hybridized carbons (Fsp3) is 0.750. The van der Waals surface area contributed by atoms with Gasteiger partial charge in [0.05, 0.1) is 26.1 Å². The Morgan fingerprint density at radius 3 is 1.55 bits per heavy atom. The highest BCUT2D eigenvalue weighted by atomic mass is 16.5. The van der Waals surface area contributed by atoms with Gasteiger partial charge in [-0.25, -0.2) is 0 Å². The van der Waals surface area contributed by atoms with Gasteiger partial charge in [0.1, 0.15) is 0 Å². The van der Waals surface area contributed by atoms with Crippen molar-refractivity contribution in [2.24, 2.45) is 59.2 Å². The van der Waals surface area contributed by atoms with Gasteiger partial charge in [0.25, 0.3) is 0 Å². The van der Waals surface area contributed by atoms with Crippen LogP contribution in [0, 0.1) is 59.2 Å². The van der Waals surface area contributed by atoms with Crippen LogP contribution in [0.4, 0.5) is 0 Å². The van der Waals surface area contributed by atoms with E-state index in [2.05, 4.69) is 12.2 Å². The van der Waals surface area contributed by atoms with E-state index in [1.165, 1.54) is 14.2 Å². The zero-order chi connectivity index (χ0) is 13.8. The van der Waals surface area contributed by atoms with Crippen LogP contribution < -0.4 is 0 Å². The van der Waals surface area contributed by atoms with Crippen molar-refractivity contribution >= 4 is 11.9 Å². The lowest BCUT2D eigenvalue weighted by atomic mass is 9.65. The lowest BCUT2D eigenvalue weighted by molar-refractivity contribution is -0.163. The first kappa shape index (κ1) is 11.4. The molecule has 0 saturated heterocycles. The van der Waals surface area contributed by atoms with E-state index in [-0.39, 0.29) is 23.8 Å². The third-order valence-electron chi connectivity index (χ3n) is 7.16. The topological polar surface area (TPSA) is 52.6 Å². The quantitative estimate of drug-likeness (QED) is 0.559. The molecule has 2 unspecified atom stereocenters. The normalized spacial score (nSPS) is 58.7. The standard InChI is InChI=1S/C16H18O4/c1-19-15(17)13-11-8-5-3-4-6-7(5)10(11)12(9(6)8)14(13)16(18)20-2/h3-14H,1-2H3/t5-,6-,7?,8-,9+,10?,11-,12+,13+,14+/m0/s1. The van der Waals surface area contributed by atoms with Crippen molar-refractivity contribution in [3.63, 3.8) is 0 Å². The van der Waals surface area contributed by atoms with Crippen LogP contribution in [-0.2, 0) is 19.1 Å². The maximum Gasteiger partial charge on any atom is 0.309 e. The highest BCUT2D eigenvalue weighted by Gasteiger charge is 2.82. The molecule has 8 bridgehead atoms. The molecule has 0 aromatic rings. The van der Waals surface area contributed by atoms with Gasteiger partial charge < -0.3 is 9.47 Å². The largest absolute Gasteiger partial charge is 0.469 e. The third-order valence-corrected chi connectivity index (χ3v) is 7.16. The number of allylic oxidation sites excluding steroid dienone is 2. The summed E-state index contributed by atoms with van der Waals surface area (Å²) in [4.78, 5) is 24.5. The van der Waals surface area contributed by atoms with E-state index in [0.717, 1.165) is 0 Å². The minimum absolute atomic E-state index is 0.205. The first-order valence-electron chi connectivity index (χ1n) is 7.54. The number of methoxy groups -OCH3 is 2. The Morgan fingerprint density at radius 1 is 0.700 bits per heavy atom. The molecule has 0 aromatic carbocycles. The molecule has 0 radical (unpaired) electrons. The molecule has 6 aliphatic rings. The monoisotopic (exact) mass is 274 g/mol. The van der Waals surface area contributed by atoms with Crippen LogP contribution in [0.2, 0.25) is 0 Å². The van der Waals surface area contributed by atoms with Crippen LogP contribution in [-0.4, -0.2) is 26.2 Å². The van der Waals surface area contributed by atoms with E-state index >= 15 is 0 Å². The number of esters is 2. The Bertz CT molecular complexity index is 507. The molecular weight excluding hydrogens is 256 g/mol. The van der Waals surface area contributed by atoms with Gasteiger partial charge >= 0.3 is 11.9 Å². The second kappa shape index (κ2) is 3.29. The first-order chi connectivity index (χ1) is 9.70. The van der Waals surface area contributed by atoms with Crippen molar-refractivity contribution in [3.05, 3.63) is 12.2 Å². The summed E-state index contributed by atoms with van der Waals surface area (Å²) in [5.74, 6) is 3.61. The smallest absolute Gasteiger partial charge is 0.309 e. The van der Waals surface area contributed by atoms with Gasteiger partial charge in [0, 0.05) is 0 Å². The van der Waals surface area contributed by atoms with Crippen LogP contribution in [0.3, 0.4) is 0 Å². The molecule has 0 aliphatic heterocycles. The minimum Gasteiger partial charge on any atom is -0.469 e. The Morgan fingerprint density at radius 2 is 1.15 bits per heavy atom. The van der Waals surface area contributed by atoms with Crippen molar-refractivity contribution in [1.29, 1.82) is 0 Å². The summed E-state index contributed by atoms with van der Waals surface area (Å²) in [5, 5.41) is 0. The van der Waals surface area contributed by atoms with Gasteiger partial charge in [0.15, 0.2) is 0 Å². The zero-order valence-corrected chi connectivity index (χ0v) is 11.6. The number of hydrogen-bond acceptors (Lipinski definition) is 4. The molecule has 0 aromatic heterocycles. The van der Waals surface area contributed by atoms with E-state index in [4.69, 9.17) is 9.47 Å². The summed E-state index contributed by atoms with van der Waals surface area (Å²) >= 11 is 0. The lowest BCUT2D eigenvalue weighted by Gasteiger charge is -2.39. The Kier molecular flexibility index (Phi) is 1.87. The average Bonchev–Trinajstić information content (AvgIpc) is 3.23. The van der Waals surface area contributed by atoms with E-state index in [1.807, 2.05) is 0 Å². The van der Waals surface area contributed by atoms with Crippen molar-refractivity contribution < 1.29 is 19.1 Å². The summed E-state index contributed by atoms with van der Waals surface area (Å²) < 4.78 is 10.0. The molecule has 4 heteroatoms. The summed E-state index contributed by atoms with van der Waals surface area (Å²) in [5.41, 5.74) is 0. The molecule has 0 heterocycles. The highest BCUT2D eigenvalue weighted by Crippen LogP contribution is 2.83.